The van der Waals surface area contributed by atoms with Crippen LogP contribution in [0.25, 0.3) is 11.1 Å². The van der Waals surface area contributed by atoms with Gasteiger partial charge in [-0.15, -0.1) is 0 Å². The fourth-order valence-corrected chi connectivity index (χ4v) is 2.54. The lowest BCUT2D eigenvalue weighted by molar-refractivity contribution is 0.102. The predicted molar refractivity (Wildman–Crippen MR) is 83.4 cm³/mol. The maximum atomic E-state index is 12.3. The molecule has 0 saturated carbocycles. The smallest absolute Gasteiger partial charge is 0.273 e. The highest BCUT2D eigenvalue weighted by Gasteiger charge is 2.15. The van der Waals surface area contributed by atoms with Crippen molar-refractivity contribution in [1.82, 2.24) is 14.8 Å². The number of aromatic nitrogens is 3. The Morgan fingerprint density at radius 2 is 2.38 bits per heavy atom. The van der Waals surface area contributed by atoms with Gasteiger partial charge in [-0.05, 0) is 29.3 Å². The van der Waals surface area contributed by atoms with E-state index < -0.39 is 0 Å². The van der Waals surface area contributed by atoms with Gasteiger partial charge in [0.2, 0.25) is 0 Å². The lowest BCUT2D eigenvalue weighted by Gasteiger charge is -2.13. The summed E-state index contributed by atoms with van der Waals surface area (Å²) in [5.41, 5.74) is 1.87. The standard InChI is InChI=1S/C14H15BrN4O2/c1-3-8(2)19-13(4-5-16-19)18-14(20)10-6-11-9(17-10)7-12(15)21-11/h4-8,17H,3H2,1-2H3,(H,18,20). The third kappa shape index (κ3) is 2.61. The Balaban J connectivity index is 1.82. The highest BCUT2D eigenvalue weighted by atomic mass is 79.9. The van der Waals surface area contributed by atoms with Crippen LogP contribution in [0.15, 0.2) is 33.5 Å². The third-order valence-electron chi connectivity index (χ3n) is 3.44. The molecule has 0 saturated heterocycles. The van der Waals surface area contributed by atoms with Gasteiger partial charge >= 0.3 is 0 Å². The molecule has 110 valence electrons. The minimum absolute atomic E-state index is 0.220. The van der Waals surface area contributed by atoms with Crippen LogP contribution in [0.2, 0.25) is 0 Å². The first kappa shape index (κ1) is 13.9. The topological polar surface area (TPSA) is 75.8 Å². The molecule has 0 aliphatic rings. The molecule has 7 heteroatoms. The lowest BCUT2D eigenvalue weighted by Crippen LogP contribution is -2.17. The molecule has 2 N–H and O–H groups in total. The Bertz CT molecular complexity index is 754. The summed E-state index contributed by atoms with van der Waals surface area (Å²) in [5.74, 6) is 0.462. The predicted octanol–water partition coefficient (Wildman–Crippen LogP) is 3.94. The quantitative estimate of drug-likeness (QED) is 0.747. The number of nitrogens with one attached hydrogen (secondary N) is 2. The summed E-state index contributed by atoms with van der Waals surface area (Å²) in [7, 11) is 0. The zero-order valence-electron chi connectivity index (χ0n) is 11.7. The minimum atomic E-state index is -0.220. The number of nitrogens with zero attached hydrogens (tertiary/aromatic N) is 2. The molecule has 0 bridgehead atoms. The minimum Gasteiger partial charge on any atom is -0.448 e. The van der Waals surface area contributed by atoms with Crippen LogP contribution >= 0.6 is 15.9 Å². The van der Waals surface area contributed by atoms with Gasteiger partial charge in [-0.1, -0.05) is 6.92 Å². The van der Waals surface area contributed by atoms with Crippen LogP contribution in [0.5, 0.6) is 0 Å². The normalized spacial score (nSPS) is 12.7. The van der Waals surface area contributed by atoms with Crippen molar-refractivity contribution in [2.24, 2.45) is 0 Å². The summed E-state index contributed by atoms with van der Waals surface area (Å²) in [5, 5.41) is 7.11. The van der Waals surface area contributed by atoms with Crippen molar-refractivity contribution < 1.29 is 9.21 Å². The van der Waals surface area contributed by atoms with Gasteiger partial charge in [-0.25, -0.2) is 4.68 Å². The molecule has 0 aromatic carbocycles. The number of amides is 1. The van der Waals surface area contributed by atoms with Gasteiger partial charge in [0.15, 0.2) is 10.3 Å². The molecule has 3 aromatic rings. The van der Waals surface area contributed by atoms with E-state index in [1.807, 2.05) is 4.68 Å². The van der Waals surface area contributed by atoms with Crippen LogP contribution in [-0.4, -0.2) is 20.7 Å². The van der Waals surface area contributed by atoms with Gasteiger partial charge in [0.25, 0.3) is 5.91 Å². The fraction of sp³-hybridized carbons (Fsp3) is 0.286. The van der Waals surface area contributed by atoms with Crippen LogP contribution in [0, 0.1) is 0 Å². The average Bonchev–Trinajstić information content (AvgIpc) is 3.11. The fourth-order valence-electron chi connectivity index (χ4n) is 2.13. The Labute approximate surface area is 129 Å². The van der Waals surface area contributed by atoms with E-state index in [9.17, 15) is 4.79 Å². The van der Waals surface area contributed by atoms with Crippen molar-refractivity contribution in [2.45, 2.75) is 26.3 Å². The Hall–Kier alpha value is -2.02. The van der Waals surface area contributed by atoms with Gasteiger partial charge in [0.1, 0.15) is 11.5 Å². The number of hydrogen-bond donors (Lipinski definition) is 2. The van der Waals surface area contributed by atoms with Crippen molar-refractivity contribution in [3.63, 3.8) is 0 Å². The molecule has 3 aromatic heterocycles. The van der Waals surface area contributed by atoms with Crippen molar-refractivity contribution in [2.75, 3.05) is 5.32 Å². The zero-order chi connectivity index (χ0) is 15.0. The highest BCUT2D eigenvalue weighted by molar-refractivity contribution is 9.10. The van der Waals surface area contributed by atoms with E-state index in [4.69, 9.17) is 4.42 Å². The van der Waals surface area contributed by atoms with Gasteiger partial charge in [0, 0.05) is 18.2 Å². The first-order valence-corrected chi connectivity index (χ1v) is 7.50. The molecule has 0 fully saturated rings. The molecular weight excluding hydrogens is 336 g/mol. The Morgan fingerprint density at radius 3 is 3.10 bits per heavy atom. The molecule has 3 rings (SSSR count). The monoisotopic (exact) mass is 350 g/mol. The molecule has 0 aliphatic carbocycles. The summed E-state index contributed by atoms with van der Waals surface area (Å²) in [6, 6.07) is 5.48. The first-order chi connectivity index (χ1) is 10.1. The molecule has 21 heavy (non-hydrogen) atoms. The second-order valence-corrected chi connectivity index (χ2v) is 5.67. The number of furan rings is 1. The molecule has 6 nitrogen and oxygen atoms in total. The number of hydrogen-bond acceptors (Lipinski definition) is 3. The van der Waals surface area contributed by atoms with Gasteiger partial charge in [-0.2, -0.15) is 5.10 Å². The Kier molecular flexibility index (Phi) is 3.59. The second-order valence-electron chi connectivity index (χ2n) is 4.88. The number of carbonyl (C=O) groups is 1. The van der Waals surface area contributed by atoms with Crippen molar-refractivity contribution in [1.29, 1.82) is 0 Å². The number of rotatable bonds is 4. The van der Waals surface area contributed by atoms with Crippen molar-refractivity contribution in [3.05, 3.63) is 34.8 Å². The molecule has 0 spiro atoms. The van der Waals surface area contributed by atoms with Crippen LogP contribution in [0.1, 0.15) is 36.8 Å². The first-order valence-electron chi connectivity index (χ1n) is 6.71. The highest BCUT2D eigenvalue weighted by Crippen LogP contribution is 2.24. The number of fused-ring (bicyclic) bond motifs is 1. The summed E-state index contributed by atoms with van der Waals surface area (Å²) >= 11 is 3.25. The molecule has 3 heterocycles. The number of anilines is 1. The molecule has 0 aliphatic heterocycles. The van der Waals surface area contributed by atoms with Crippen LogP contribution in [0.4, 0.5) is 5.82 Å². The van der Waals surface area contributed by atoms with E-state index in [2.05, 4.69) is 45.2 Å². The third-order valence-corrected chi connectivity index (χ3v) is 3.83. The van der Waals surface area contributed by atoms with Crippen LogP contribution < -0.4 is 5.32 Å². The number of carbonyl (C=O) groups excluding carboxylic acids is 1. The van der Waals surface area contributed by atoms with Crippen molar-refractivity contribution >= 4 is 38.8 Å². The van der Waals surface area contributed by atoms with E-state index in [1.54, 1.807) is 24.4 Å². The molecule has 1 unspecified atom stereocenters. The maximum absolute atomic E-state index is 12.3. The lowest BCUT2D eigenvalue weighted by atomic mass is 10.3. The van der Waals surface area contributed by atoms with E-state index >= 15 is 0 Å². The van der Waals surface area contributed by atoms with E-state index in [-0.39, 0.29) is 11.9 Å². The Morgan fingerprint density at radius 1 is 1.57 bits per heavy atom. The molecule has 1 amide bonds. The van der Waals surface area contributed by atoms with E-state index in [0.29, 0.717) is 21.8 Å². The summed E-state index contributed by atoms with van der Waals surface area (Å²) in [4.78, 5) is 15.3. The molecule has 1 atom stereocenters. The molecule has 0 radical (unpaired) electrons. The summed E-state index contributed by atoms with van der Waals surface area (Å²) < 4.78 is 7.84. The van der Waals surface area contributed by atoms with Gasteiger partial charge in [0.05, 0.1) is 17.8 Å². The zero-order valence-corrected chi connectivity index (χ0v) is 13.3. The number of H-pyrrole nitrogens is 1. The summed E-state index contributed by atoms with van der Waals surface area (Å²) in [6.07, 6.45) is 2.62. The largest absolute Gasteiger partial charge is 0.448 e. The van der Waals surface area contributed by atoms with Crippen LogP contribution in [0.3, 0.4) is 0 Å². The maximum Gasteiger partial charge on any atom is 0.273 e. The number of halogens is 1. The number of aromatic amines is 1. The van der Waals surface area contributed by atoms with E-state index in [0.717, 1.165) is 11.9 Å². The van der Waals surface area contributed by atoms with Crippen LogP contribution in [-0.2, 0) is 0 Å². The SMILES string of the molecule is CCC(C)n1nccc1NC(=O)c1cc2oc(Br)cc2[nH]1. The van der Waals surface area contributed by atoms with Gasteiger partial charge in [-0.3, -0.25) is 4.79 Å². The second kappa shape index (κ2) is 5.40. The summed E-state index contributed by atoms with van der Waals surface area (Å²) in [6.45, 7) is 4.14. The van der Waals surface area contributed by atoms with E-state index in [1.165, 1.54) is 0 Å². The van der Waals surface area contributed by atoms with Crippen molar-refractivity contribution in [3.8, 4) is 0 Å². The average molecular weight is 351 g/mol. The molecular formula is C14H15BrN4O2. The van der Waals surface area contributed by atoms with Gasteiger partial charge < -0.3 is 14.7 Å².